The molecule has 2 atom stereocenters. The van der Waals surface area contributed by atoms with Gasteiger partial charge in [-0.05, 0) is 42.9 Å². The molecule has 2 fully saturated rings. The number of carbonyl (C=O) groups is 2. The SMILES string of the molecule is O=C1Nc2cc(N3CCC4CCCCC4C3)ccc2C1=O. The maximum absolute atomic E-state index is 11.6. The highest BCUT2D eigenvalue weighted by atomic mass is 16.2. The summed E-state index contributed by atoms with van der Waals surface area (Å²) in [6.07, 6.45) is 6.78. The first-order valence-electron chi connectivity index (χ1n) is 7.97. The minimum absolute atomic E-state index is 0.414. The molecule has 1 saturated carbocycles. The molecule has 1 N–H and O–H groups in total. The van der Waals surface area contributed by atoms with E-state index in [1.807, 2.05) is 12.1 Å². The van der Waals surface area contributed by atoms with Crippen molar-refractivity contribution in [3.05, 3.63) is 23.8 Å². The molecule has 2 heterocycles. The summed E-state index contributed by atoms with van der Waals surface area (Å²) in [7, 11) is 0. The first-order chi connectivity index (χ1) is 10.2. The monoisotopic (exact) mass is 284 g/mol. The van der Waals surface area contributed by atoms with Gasteiger partial charge < -0.3 is 10.2 Å². The van der Waals surface area contributed by atoms with Crippen LogP contribution in [0.1, 0.15) is 42.5 Å². The number of hydrogen-bond acceptors (Lipinski definition) is 3. The van der Waals surface area contributed by atoms with Gasteiger partial charge in [-0.1, -0.05) is 19.3 Å². The van der Waals surface area contributed by atoms with Gasteiger partial charge in [0.25, 0.3) is 11.7 Å². The van der Waals surface area contributed by atoms with Crippen LogP contribution in [0.4, 0.5) is 11.4 Å². The van der Waals surface area contributed by atoms with Crippen LogP contribution in [0.5, 0.6) is 0 Å². The lowest BCUT2D eigenvalue weighted by Crippen LogP contribution is -2.41. The van der Waals surface area contributed by atoms with Crippen molar-refractivity contribution >= 4 is 23.1 Å². The van der Waals surface area contributed by atoms with E-state index in [2.05, 4.69) is 10.2 Å². The van der Waals surface area contributed by atoms with E-state index < -0.39 is 11.7 Å². The number of Topliss-reactive ketones (excluding diaryl/α,β-unsaturated/α-hetero) is 1. The summed E-state index contributed by atoms with van der Waals surface area (Å²) in [5.74, 6) is 0.804. The van der Waals surface area contributed by atoms with E-state index in [4.69, 9.17) is 0 Å². The van der Waals surface area contributed by atoms with Crippen molar-refractivity contribution in [2.75, 3.05) is 23.3 Å². The van der Waals surface area contributed by atoms with Gasteiger partial charge in [-0.15, -0.1) is 0 Å². The smallest absolute Gasteiger partial charge is 0.296 e. The Labute approximate surface area is 124 Å². The first kappa shape index (κ1) is 12.9. The van der Waals surface area contributed by atoms with Gasteiger partial charge >= 0.3 is 0 Å². The largest absolute Gasteiger partial charge is 0.371 e. The molecule has 1 aromatic carbocycles. The second-order valence-electron chi connectivity index (χ2n) is 6.55. The number of fused-ring (bicyclic) bond motifs is 2. The van der Waals surface area contributed by atoms with Crippen LogP contribution in [0.25, 0.3) is 0 Å². The van der Waals surface area contributed by atoms with E-state index in [-0.39, 0.29) is 0 Å². The van der Waals surface area contributed by atoms with Gasteiger partial charge in [0.1, 0.15) is 0 Å². The molecule has 1 aromatic rings. The number of anilines is 2. The lowest BCUT2D eigenvalue weighted by Gasteiger charge is -2.42. The van der Waals surface area contributed by atoms with Gasteiger partial charge in [0.15, 0.2) is 0 Å². The Hall–Kier alpha value is -1.84. The highest BCUT2D eigenvalue weighted by Gasteiger charge is 2.32. The second-order valence-corrected chi connectivity index (χ2v) is 6.55. The Morgan fingerprint density at radius 2 is 1.86 bits per heavy atom. The molecule has 1 aliphatic carbocycles. The second kappa shape index (κ2) is 4.86. The van der Waals surface area contributed by atoms with E-state index in [1.165, 1.54) is 32.1 Å². The molecular weight excluding hydrogens is 264 g/mol. The molecule has 21 heavy (non-hydrogen) atoms. The van der Waals surface area contributed by atoms with Gasteiger partial charge in [-0.3, -0.25) is 9.59 Å². The highest BCUT2D eigenvalue weighted by Crippen LogP contribution is 2.38. The van der Waals surface area contributed by atoms with Crippen molar-refractivity contribution in [3.63, 3.8) is 0 Å². The third-order valence-electron chi connectivity index (χ3n) is 5.36. The number of rotatable bonds is 1. The minimum Gasteiger partial charge on any atom is -0.371 e. The summed E-state index contributed by atoms with van der Waals surface area (Å²) >= 11 is 0. The molecule has 4 rings (SSSR count). The summed E-state index contributed by atoms with van der Waals surface area (Å²) in [4.78, 5) is 25.5. The van der Waals surface area contributed by atoms with E-state index in [9.17, 15) is 9.59 Å². The van der Waals surface area contributed by atoms with Crippen molar-refractivity contribution < 1.29 is 9.59 Å². The van der Waals surface area contributed by atoms with Crippen LogP contribution in [-0.4, -0.2) is 24.8 Å². The molecule has 3 aliphatic rings. The van der Waals surface area contributed by atoms with Crippen molar-refractivity contribution in [2.24, 2.45) is 11.8 Å². The number of ketones is 1. The fourth-order valence-electron chi connectivity index (χ4n) is 4.17. The normalized spacial score (nSPS) is 28.1. The Balaban J connectivity index is 1.56. The molecule has 0 spiro atoms. The molecule has 0 radical (unpaired) electrons. The van der Waals surface area contributed by atoms with Crippen LogP contribution in [-0.2, 0) is 4.79 Å². The molecule has 1 amide bonds. The van der Waals surface area contributed by atoms with Crippen LogP contribution in [0.2, 0.25) is 0 Å². The average Bonchev–Trinajstić information content (AvgIpc) is 2.81. The predicted octanol–water partition coefficient (Wildman–Crippen LogP) is 2.84. The first-order valence-corrected chi connectivity index (χ1v) is 7.97. The Kier molecular flexibility index (Phi) is 2.98. The Morgan fingerprint density at radius 3 is 2.71 bits per heavy atom. The summed E-state index contributed by atoms with van der Waals surface area (Å²) in [5, 5.41) is 2.67. The standard InChI is InChI=1S/C17H20N2O2/c20-16-14-6-5-13(9-15(14)18-17(16)21)19-8-7-11-3-1-2-4-12(11)10-19/h5-6,9,11-12H,1-4,7-8,10H2,(H,18,20,21). The average molecular weight is 284 g/mol. The van der Waals surface area contributed by atoms with Crippen molar-refractivity contribution in [1.29, 1.82) is 0 Å². The Morgan fingerprint density at radius 1 is 1.05 bits per heavy atom. The molecule has 110 valence electrons. The van der Waals surface area contributed by atoms with E-state index in [0.29, 0.717) is 11.3 Å². The fourth-order valence-corrected chi connectivity index (χ4v) is 4.17. The number of piperidine rings is 1. The van der Waals surface area contributed by atoms with Gasteiger partial charge in [0.05, 0.1) is 11.3 Å². The van der Waals surface area contributed by atoms with Crippen LogP contribution in [0.3, 0.4) is 0 Å². The molecule has 0 bridgehead atoms. The summed E-state index contributed by atoms with van der Waals surface area (Å²) in [5.41, 5.74) is 2.32. The zero-order chi connectivity index (χ0) is 14.4. The predicted molar refractivity (Wildman–Crippen MR) is 81.7 cm³/mol. The van der Waals surface area contributed by atoms with Crippen molar-refractivity contribution in [2.45, 2.75) is 32.1 Å². The third-order valence-corrected chi connectivity index (χ3v) is 5.36. The number of hydrogen-bond donors (Lipinski definition) is 1. The lowest BCUT2D eigenvalue weighted by molar-refractivity contribution is -0.112. The van der Waals surface area contributed by atoms with E-state index in [1.54, 1.807) is 6.07 Å². The summed E-state index contributed by atoms with van der Waals surface area (Å²) < 4.78 is 0. The molecule has 2 unspecified atom stereocenters. The molecular formula is C17H20N2O2. The zero-order valence-corrected chi connectivity index (χ0v) is 12.1. The summed E-state index contributed by atoms with van der Waals surface area (Å²) in [6.45, 7) is 2.20. The van der Waals surface area contributed by atoms with Crippen LogP contribution in [0.15, 0.2) is 18.2 Å². The van der Waals surface area contributed by atoms with Gasteiger partial charge in [0, 0.05) is 18.8 Å². The maximum Gasteiger partial charge on any atom is 0.296 e. The number of nitrogens with zero attached hydrogens (tertiary/aromatic N) is 1. The topological polar surface area (TPSA) is 49.4 Å². The van der Waals surface area contributed by atoms with Crippen LogP contribution in [0, 0.1) is 11.8 Å². The maximum atomic E-state index is 11.6. The molecule has 4 heteroatoms. The third kappa shape index (κ3) is 2.13. The fraction of sp³-hybridized carbons (Fsp3) is 0.529. The number of benzene rings is 1. The van der Waals surface area contributed by atoms with Gasteiger partial charge in [0.2, 0.25) is 0 Å². The zero-order valence-electron chi connectivity index (χ0n) is 12.1. The number of carbonyl (C=O) groups excluding carboxylic acids is 2. The molecule has 4 nitrogen and oxygen atoms in total. The lowest BCUT2D eigenvalue weighted by atomic mass is 9.75. The van der Waals surface area contributed by atoms with E-state index in [0.717, 1.165) is 30.6 Å². The number of amides is 1. The minimum atomic E-state index is -0.506. The van der Waals surface area contributed by atoms with Gasteiger partial charge in [-0.2, -0.15) is 0 Å². The molecule has 0 aromatic heterocycles. The van der Waals surface area contributed by atoms with Crippen LogP contribution < -0.4 is 10.2 Å². The summed E-state index contributed by atoms with van der Waals surface area (Å²) in [6, 6.07) is 5.74. The molecule has 1 saturated heterocycles. The van der Waals surface area contributed by atoms with E-state index >= 15 is 0 Å². The van der Waals surface area contributed by atoms with Crippen LogP contribution >= 0.6 is 0 Å². The Bertz CT molecular complexity index is 611. The van der Waals surface area contributed by atoms with Gasteiger partial charge in [-0.25, -0.2) is 0 Å². The number of nitrogens with one attached hydrogen (secondary N) is 1. The van der Waals surface area contributed by atoms with Crippen molar-refractivity contribution in [1.82, 2.24) is 0 Å². The highest BCUT2D eigenvalue weighted by molar-refractivity contribution is 6.51. The van der Waals surface area contributed by atoms with Crippen molar-refractivity contribution in [3.8, 4) is 0 Å². The quantitative estimate of drug-likeness (QED) is 0.807. The molecule has 2 aliphatic heterocycles.